The molecule has 0 spiro atoms. The van der Waals surface area contributed by atoms with Gasteiger partial charge < -0.3 is 15.4 Å². The molecule has 1 aromatic carbocycles. The van der Waals surface area contributed by atoms with Crippen molar-refractivity contribution in [3.05, 3.63) is 27.7 Å². The third-order valence-electron chi connectivity index (χ3n) is 3.40. The predicted octanol–water partition coefficient (Wildman–Crippen LogP) is 2.85. The second-order valence-corrected chi connectivity index (χ2v) is 5.91. The fourth-order valence-electron chi connectivity index (χ4n) is 2.35. The quantitative estimate of drug-likeness (QED) is 0.882. The lowest BCUT2D eigenvalue weighted by atomic mass is 10.0. The molecule has 1 aliphatic rings. The summed E-state index contributed by atoms with van der Waals surface area (Å²) < 4.78 is 5.66. The third kappa shape index (κ3) is 4.27. The molecular weight excluding hydrogens is 327 g/mol. The van der Waals surface area contributed by atoms with Crippen LogP contribution in [-0.4, -0.2) is 25.0 Å². The van der Waals surface area contributed by atoms with Gasteiger partial charge in [-0.2, -0.15) is 0 Å². The number of carbonyl (C=O) groups excluding carboxylic acids is 2. The number of ether oxygens (including phenoxy) is 1. The molecule has 1 aliphatic heterocycles. The van der Waals surface area contributed by atoms with Gasteiger partial charge in [0.15, 0.2) is 0 Å². The van der Waals surface area contributed by atoms with Crippen molar-refractivity contribution in [1.82, 2.24) is 10.6 Å². The maximum absolute atomic E-state index is 12.0. The molecule has 1 atom stereocenters. The maximum atomic E-state index is 12.0. The molecule has 0 saturated heterocycles. The van der Waals surface area contributed by atoms with E-state index in [2.05, 4.69) is 10.6 Å². The van der Waals surface area contributed by atoms with Crippen LogP contribution in [-0.2, 0) is 9.59 Å². The van der Waals surface area contributed by atoms with E-state index in [1.54, 1.807) is 6.07 Å². The smallest absolute Gasteiger partial charge is 0.222 e. The molecule has 2 N–H and O–H groups in total. The van der Waals surface area contributed by atoms with Crippen LogP contribution in [0.3, 0.4) is 0 Å². The van der Waals surface area contributed by atoms with E-state index < -0.39 is 0 Å². The Morgan fingerprint density at radius 1 is 1.36 bits per heavy atom. The average molecular weight is 345 g/mol. The number of benzene rings is 1. The number of carbonyl (C=O) groups is 2. The second-order valence-electron chi connectivity index (χ2n) is 5.12. The predicted molar refractivity (Wildman–Crippen MR) is 85.4 cm³/mol. The van der Waals surface area contributed by atoms with Gasteiger partial charge in [0.2, 0.25) is 11.8 Å². The van der Waals surface area contributed by atoms with Crippen molar-refractivity contribution in [2.75, 3.05) is 13.2 Å². The molecule has 0 fully saturated rings. The first-order valence-electron chi connectivity index (χ1n) is 7.13. The second kappa shape index (κ2) is 7.70. The van der Waals surface area contributed by atoms with Crippen LogP contribution >= 0.6 is 23.2 Å². The molecule has 0 saturated carbocycles. The van der Waals surface area contributed by atoms with Crippen LogP contribution in [0.15, 0.2) is 12.1 Å². The average Bonchev–Trinajstić information content (AvgIpc) is 2.65. The largest absolute Gasteiger partial charge is 0.492 e. The molecular formula is C15H18Cl2N2O3. The Balaban J connectivity index is 2.07. The number of rotatable bonds is 4. The van der Waals surface area contributed by atoms with Gasteiger partial charge in [0.05, 0.1) is 17.7 Å². The Labute approximate surface area is 139 Å². The van der Waals surface area contributed by atoms with E-state index in [1.807, 2.05) is 6.07 Å². The van der Waals surface area contributed by atoms with Gasteiger partial charge in [0.1, 0.15) is 10.8 Å². The molecule has 2 amide bonds. The highest BCUT2D eigenvalue weighted by Crippen LogP contribution is 2.40. The van der Waals surface area contributed by atoms with Crippen LogP contribution in [0, 0.1) is 0 Å². The van der Waals surface area contributed by atoms with Crippen molar-refractivity contribution in [2.45, 2.75) is 32.2 Å². The first-order valence-corrected chi connectivity index (χ1v) is 7.89. The van der Waals surface area contributed by atoms with Crippen molar-refractivity contribution < 1.29 is 14.3 Å². The molecule has 0 aromatic heterocycles. The van der Waals surface area contributed by atoms with Crippen molar-refractivity contribution in [2.24, 2.45) is 0 Å². The van der Waals surface area contributed by atoms with Gasteiger partial charge >= 0.3 is 0 Å². The summed E-state index contributed by atoms with van der Waals surface area (Å²) in [7, 11) is 0. The van der Waals surface area contributed by atoms with Crippen molar-refractivity contribution >= 4 is 35.0 Å². The molecule has 2 rings (SSSR count). The minimum atomic E-state index is -0.169. The highest BCUT2D eigenvalue weighted by Gasteiger charge is 2.24. The fraction of sp³-hybridized carbons (Fsp3) is 0.467. The van der Waals surface area contributed by atoms with Crippen molar-refractivity contribution in [1.29, 1.82) is 0 Å². The molecule has 1 heterocycles. The van der Waals surface area contributed by atoms with Crippen LogP contribution in [0.4, 0.5) is 0 Å². The molecule has 0 bridgehead atoms. The third-order valence-corrected chi connectivity index (χ3v) is 4.19. The Kier molecular flexibility index (Phi) is 5.91. The van der Waals surface area contributed by atoms with E-state index in [1.165, 1.54) is 6.92 Å². The summed E-state index contributed by atoms with van der Waals surface area (Å²) in [5.74, 6) is 0.263. The first kappa shape index (κ1) is 16.9. The molecule has 7 heteroatoms. The fourth-order valence-corrected chi connectivity index (χ4v) is 2.73. The first-order chi connectivity index (χ1) is 10.5. The van der Waals surface area contributed by atoms with Crippen molar-refractivity contribution in [3.63, 3.8) is 0 Å². The van der Waals surface area contributed by atoms with Gasteiger partial charge in [0, 0.05) is 25.5 Å². The number of hydrogen-bond donors (Lipinski definition) is 2. The van der Waals surface area contributed by atoms with E-state index in [0.29, 0.717) is 28.9 Å². The van der Waals surface area contributed by atoms with E-state index in [0.717, 1.165) is 18.4 Å². The molecule has 22 heavy (non-hydrogen) atoms. The normalized spacial score (nSPS) is 17.0. The monoisotopic (exact) mass is 344 g/mol. The zero-order valence-electron chi connectivity index (χ0n) is 12.2. The highest BCUT2D eigenvalue weighted by atomic mass is 35.5. The lowest BCUT2D eigenvalue weighted by molar-refractivity contribution is -0.122. The van der Waals surface area contributed by atoms with Gasteiger partial charge in [-0.1, -0.05) is 29.3 Å². The van der Waals surface area contributed by atoms with Crippen LogP contribution in [0.2, 0.25) is 10.0 Å². The van der Waals surface area contributed by atoms with Crippen LogP contribution in [0.5, 0.6) is 5.75 Å². The lowest BCUT2D eigenvalue weighted by Crippen LogP contribution is -2.32. The Morgan fingerprint density at radius 3 is 2.86 bits per heavy atom. The number of nitrogens with one attached hydrogen (secondary N) is 2. The highest BCUT2D eigenvalue weighted by molar-refractivity contribution is 6.43. The lowest BCUT2D eigenvalue weighted by Gasteiger charge is -2.19. The minimum absolute atomic E-state index is 0.127. The van der Waals surface area contributed by atoms with Gasteiger partial charge in [-0.3, -0.25) is 9.59 Å². The van der Waals surface area contributed by atoms with Gasteiger partial charge in [-0.25, -0.2) is 0 Å². The summed E-state index contributed by atoms with van der Waals surface area (Å²) in [6, 6.07) is 3.36. The summed E-state index contributed by atoms with van der Waals surface area (Å²) in [6.07, 6.45) is 1.80. The molecule has 1 aromatic rings. The molecule has 1 unspecified atom stereocenters. The Morgan fingerprint density at radius 2 is 2.14 bits per heavy atom. The summed E-state index contributed by atoms with van der Waals surface area (Å²) in [5.41, 5.74) is 0.833. The van der Waals surface area contributed by atoms with Crippen LogP contribution < -0.4 is 15.4 Å². The van der Waals surface area contributed by atoms with Gasteiger partial charge in [-0.15, -0.1) is 0 Å². The molecule has 0 radical (unpaired) electrons. The number of hydrogen-bond acceptors (Lipinski definition) is 3. The topological polar surface area (TPSA) is 67.4 Å². The van der Waals surface area contributed by atoms with E-state index in [9.17, 15) is 9.59 Å². The molecule has 5 nitrogen and oxygen atoms in total. The summed E-state index contributed by atoms with van der Waals surface area (Å²) in [5, 5.41) is 6.36. The zero-order chi connectivity index (χ0) is 16.1. The molecule has 0 aliphatic carbocycles. The summed E-state index contributed by atoms with van der Waals surface area (Å²) in [4.78, 5) is 22.8. The number of fused-ring (bicyclic) bond motifs is 1. The standard InChI is InChI=1S/C15H18Cl2N2O3/c1-9(20)18-7-6-13(21)19-12-3-2-8-22-15-10(12)4-5-11(16)14(15)17/h4-5,12H,2-3,6-8H2,1H3,(H,18,20)(H,19,21). The van der Waals surface area contributed by atoms with Crippen LogP contribution in [0.25, 0.3) is 0 Å². The number of amides is 2. The van der Waals surface area contributed by atoms with Gasteiger partial charge in [0.25, 0.3) is 0 Å². The minimum Gasteiger partial charge on any atom is -0.492 e. The SMILES string of the molecule is CC(=O)NCCC(=O)NC1CCCOc2c1ccc(Cl)c2Cl. The summed E-state index contributed by atoms with van der Waals surface area (Å²) in [6.45, 7) is 2.27. The van der Waals surface area contributed by atoms with E-state index >= 15 is 0 Å². The van der Waals surface area contributed by atoms with Crippen LogP contribution in [0.1, 0.15) is 37.8 Å². The maximum Gasteiger partial charge on any atom is 0.222 e. The molecule has 120 valence electrons. The summed E-state index contributed by atoms with van der Waals surface area (Å²) >= 11 is 12.2. The zero-order valence-corrected chi connectivity index (χ0v) is 13.8. The van der Waals surface area contributed by atoms with Crippen molar-refractivity contribution in [3.8, 4) is 5.75 Å². The Bertz CT molecular complexity index is 578. The Hall–Kier alpha value is -1.46. The van der Waals surface area contributed by atoms with E-state index in [4.69, 9.17) is 27.9 Å². The number of halogens is 2. The van der Waals surface area contributed by atoms with Gasteiger partial charge in [-0.05, 0) is 18.9 Å². The van der Waals surface area contributed by atoms with E-state index in [-0.39, 0.29) is 24.3 Å².